The van der Waals surface area contributed by atoms with E-state index in [1.165, 1.54) is 36.2 Å². The number of thioether (sulfide) groups is 1. The summed E-state index contributed by atoms with van der Waals surface area (Å²) in [7, 11) is 1.76. The lowest BCUT2D eigenvalue weighted by Crippen LogP contribution is -2.24. The Hall–Kier alpha value is -3.34. The first-order valence-corrected chi connectivity index (χ1v) is 8.73. The summed E-state index contributed by atoms with van der Waals surface area (Å²) in [5, 5.41) is 31.8. The molecule has 0 saturated heterocycles. The van der Waals surface area contributed by atoms with E-state index in [-0.39, 0.29) is 35.2 Å². The average Bonchev–Trinajstić information content (AvgIpc) is 3.28. The van der Waals surface area contributed by atoms with E-state index in [1.54, 1.807) is 23.7 Å². The maximum Gasteiger partial charge on any atom is 0.270 e. The second-order valence-corrected chi connectivity index (χ2v) is 6.42. The summed E-state index contributed by atoms with van der Waals surface area (Å²) in [5.74, 6) is 0.755. The summed E-state index contributed by atoms with van der Waals surface area (Å²) in [4.78, 5) is 22.3. The molecule has 3 rings (SSSR count). The van der Waals surface area contributed by atoms with Crippen LogP contribution in [0.15, 0.2) is 46.2 Å². The molecule has 11 heteroatoms. The number of hydrogen-bond donors (Lipinski definition) is 2. The molecule has 1 amide bonds. The van der Waals surface area contributed by atoms with E-state index in [2.05, 4.69) is 15.5 Å². The topological polar surface area (TPSA) is 136 Å². The van der Waals surface area contributed by atoms with E-state index in [0.717, 1.165) is 0 Å². The number of aromatic nitrogens is 3. The van der Waals surface area contributed by atoms with Gasteiger partial charge in [-0.3, -0.25) is 14.9 Å². The highest BCUT2D eigenvalue weighted by atomic mass is 32.2. The molecule has 0 spiro atoms. The van der Waals surface area contributed by atoms with Gasteiger partial charge in [0.15, 0.2) is 16.7 Å². The van der Waals surface area contributed by atoms with Crippen molar-refractivity contribution in [2.24, 2.45) is 7.05 Å². The smallest absolute Gasteiger partial charge is 0.270 e. The van der Waals surface area contributed by atoms with Crippen molar-refractivity contribution in [3.05, 3.63) is 52.3 Å². The van der Waals surface area contributed by atoms with Crippen LogP contribution in [0, 0.1) is 10.1 Å². The Labute approximate surface area is 157 Å². The van der Waals surface area contributed by atoms with Crippen molar-refractivity contribution >= 4 is 23.4 Å². The summed E-state index contributed by atoms with van der Waals surface area (Å²) in [5.41, 5.74) is 0.109. The van der Waals surface area contributed by atoms with Gasteiger partial charge in [0, 0.05) is 31.3 Å². The van der Waals surface area contributed by atoms with Gasteiger partial charge in [-0.15, -0.1) is 10.2 Å². The first-order chi connectivity index (χ1) is 13.0. The zero-order valence-electron chi connectivity index (χ0n) is 14.2. The molecule has 0 bridgehead atoms. The Balaban J connectivity index is 1.57. The molecule has 3 aromatic rings. The fraction of sp³-hybridized carbons (Fsp3) is 0.188. The number of hydrogen-bond acceptors (Lipinski definition) is 8. The van der Waals surface area contributed by atoms with Gasteiger partial charge in [-0.25, -0.2) is 0 Å². The number of nitro groups is 1. The van der Waals surface area contributed by atoms with Crippen LogP contribution in [-0.2, 0) is 18.4 Å². The lowest BCUT2D eigenvalue weighted by atomic mass is 10.2. The van der Waals surface area contributed by atoms with Crippen molar-refractivity contribution in [2.75, 3.05) is 5.75 Å². The van der Waals surface area contributed by atoms with E-state index in [0.29, 0.717) is 16.7 Å². The van der Waals surface area contributed by atoms with Crippen LogP contribution in [0.1, 0.15) is 5.56 Å². The minimum Gasteiger partial charge on any atom is -0.508 e. The summed E-state index contributed by atoms with van der Waals surface area (Å²) in [6.45, 7) is -0.0244. The first-order valence-electron chi connectivity index (χ1n) is 7.74. The Kier molecular flexibility index (Phi) is 5.41. The van der Waals surface area contributed by atoms with Gasteiger partial charge in [0.2, 0.25) is 5.91 Å². The molecule has 0 aliphatic heterocycles. The molecule has 27 heavy (non-hydrogen) atoms. The van der Waals surface area contributed by atoms with Crippen molar-refractivity contribution in [3.8, 4) is 17.3 Å². The highest BCUT2D eigenvalue weighted by Gasteiger charge is 2.15. The fourth-order valence-corrected chi connectivity index (χ4v) is 3.00. The lowest BCUT2D eigenvalue weighted by molar-refractivity contribution is -0.384. The molecule has 0 radical (unpaired) electrons. The molecule has 0 saturated carbocycles. The van der Waals surface area contributed by atoms with Crippen LogP contribution in [0.2, 0.25) is 0 Å². The van der Waals surface area contributed by atoms with Crippen LogP contribution in [0.5, 0.6) is 5.75 Å². The number of non-ortho nitro benzene ring substituents is 1. The standard InChI is InChI=1S/C16H15N5O5S/c1-20-15(13-3-2-6-26-13)18-19-16(20)27-9-14(23)17-8-10-7-11(21(24)25)4-5-12(10)22/h2-7,22H,8-9H2,1H3,(H,17,23). The van der Waals surface area contributed by atoms with Gasteiger partial charge in [-0.05, 0) is 18.2 Å². The molecule has 2 heterocycles. The number of rotatable bonds is 7. The third kappa shape index (κ3) is 4.26. The number of benzene rings is 1. The van der Waals surface area contributed by atoms with E-state index in [1.807, 2.05) is 0 Å². The van der Waals surface area contributed by atoms with Gasteiger partial charge in [-0.2, -0.15) is 0 Å². The van der Waals surface area contributed by atoms with E-state index < -0.39 is 4.92 Å². The van der Waals surface area contributed by atoms with Crippen LogP contribution in [-0.4, -0.2) is 36.5 Å². The van der Waals surface area contributed by atoms with Crippen LogP contribution in [0.3, 0.4) is 0 Å². The number of furan rings is 1. The minimum absolute atomic E-state index is 0.0244. The van der Waals surface area contributed by atoms with Gasteiger partial charge in [0.25, 0.3) is 5.69 Å². The Morgan fingerprint density at radius 1 is 1.41 bits per heavy atom. The second kappa shape index (κ2) is 7.91. The molecule has 0 aliphatic rings. The third-order valence-electron chi connectivity index (χ3n) is 3.66. The zero-order chi connectivity index (χ0) is 19.4. The number of nitro benzene ring substituents is 1. The molecule has 10 nitrogen and oxygen atoms in total. The predicted molar refractivity (Wildman–Crippen MR) is 96.0 cm³/mol. The molecule has 140 valence electrons. The van der Waals surface area contributed by atoms with Gasteiger partial charge in [-0.1, -0.05) is 11.8 Å². The second-order valence-electron chi connectivity index (χ2n) is 5.48. The lowest BCUT2D eigenvalue weighted by Gasteiger charge is -2.07. The number of amides is 1. The van der Waals surface area contributed by atoms with E-state index in [4.69, 9.17) is 4.42 Å². The van der Waals surface area contributed by atoms with Crippen LogP contribution < -0.4 is 5.32 Å². The maximum absolute atomic E-state index is 12.0. The molecule has 0 unspecified atom stereocenters. The predicted octanol–water partition coefficient (Wildman–Crippen LogP) is 2.10. The largest absolute Gasteiger partial charge is 0.508 e. The number of carbonyl (C=O) groups is 1. The molecular weight excluding hydrogens is 374 g/mol. The van der Waals surface area contributed by atoms with Crippen LogP contribution >= 0.6 is 11.8 Å². The summed E-state index contributed by atoms with van der Waals surface area (Å²) in [6.07, 6.45) is 1.54. The first kappa shape index (κ1) is 18.5. The minimum atomic E-state index is -0.564. The fourth-order valence-electron chi connectivity index (χ4n) is 2.26. The zero-order valence-corrected chi connectivity index (χ0v) is 15.0. The van der Waals surface area contributed by atoms with Crippen LogP contribution in [0.25, 0.3) is 11.6 Å². The third-order valence-corrected chi connectivity index (χ3v) is 4.68. The van der Waals surface area contributed by atoms with Crippen molar-refractivity contribution in [1.82, 2.24) is 20.1 Å². The molecule has 0 atom stereocenters. The normalized spacial score (nSPS) is 10.7. The van der Waals surface area contributed by atoms with E-state index in [9.17, 15) is 20.0 Å². The molecule has 2 aromatic heterocycles. The summed E-state index contributed by atoms with van der Waals surface area (Å²) < 4.78 is 6.99. The number of phenolic OH excluding ortho intramolecular Hbond substituents is 1. The van der Waals surface area contributed by atoms with E-state index >= 15 is 0 Å². The Bertz CT molecular complexity index is 970. The van der Waals surface area contributed by atoms with Crippen LogP contribution in [0.4, 0.5) is 5.69 Å². The Morgan fingerprint density at radius 3 is 2.93 bits per heavy atom. The highest BCUT2D eigenvalue weighted by Crippen LogP contribution is 2.24. The molecule has 2 N–H and O–H groups in total. The van der Waals surface area contributed by atoms with Crippen molar-refractivity contribution < 1.29 is 19.2 Å². The highest BCUT2D eigenvalue weighted by molar-refractivity contribution is 7.99. The molecular formula is C16H15N5O5S. The average molecular weight is 389 g/mol. The maximum atomic E-state index is 12.0. The van der Waals surface area contributed by atoms with Crippen molar-refractivity contribution in [1.29, 1.82) is 0 Å². The Morgan fingerprint density at radius 2 is 2.22 bits per heavy atom. The van der Waals surface area contributed by atoms with Gasteiger partial charge >= 0.3 is 0 Å². The number of aromatic hydroxyl groups is 1. The van der Waals surface area contributed by atoms with Gasteiger partial charge in [0.1, 0.15) is 5.75 Å². The number of phenols is 1. The van der Waals surface area contributed by atoms with Gasteiger partial charge < -0.3 is 19.4 Å². The van der Waals surface area contributed by atoms with Crippen molar-refractivity contribution in [3.63, 3.8) is 0 Å². The number of nitrogens with zero attached hydrogens (tertiary/aromatic N) is 4. The number of nitrogens with one attached hydrogen (secondary N) is 1. The molecule has 1 aromatic carbocycles. The summed E-state index contributed by atoms with van der Waals surface area (Å²) in [6, 6.07) is 7.15. The monoisotopic (exact) mass is 389 g/mol. The molecule has 0 fully saturated rings. The van der Waals surface area contributed by atoms with Crippen molar-refractivity contribution in [2.45, 2.75) is 11.7 Å². The quantitative estimate of drug-likeness (QED) is 0.356. The number of carbonyl (C=O) groups excluding carboxylic acids is 1. The SMILES string of the molecule is Cn1c(SCC(=O)NCc2cc([N+](=O)[O-])ccc2O)nnc1-c1ccco1. The van der Waals surface area contributed by atoms with Gasteiger partial charge in [0.05, 0.1) is 16.9 Å². The molecule has 0 aliphatic carbocycles. The summed E-state index contributed by atoms with van der Waals surface area (Å²) >= 11 is 1.19.